The fourth-order valence-corrected chi connectivity index (χ4v) is 2.72. The lowest BCUT2D eigenvalue weighted by molar-refractivity contribution is -0.385. The van der Waals surface area contributed by atoms with Crippen molar-refractivity contribution in [1.82, 2.24) is 5.32 Å². The van der Waals surface area contributed by atoms with Crippen LogP contribution < -0.4 is 10.2 Å². The molecule has 1 aliphatic rings. The lowest BCUT2D eigenvalue weighted by atomic mass is 10.1. The van der Waals surface area contributed by atoms with Crippen molar-refractivity contribution in [3.05, 3.63) is 69.3 Å². The normalized spacial score (nSPS) is 15.7. The smallest absolute Gasteiger partial charge is 0.335 e. The minimum Gasteiger partial charge on any atom is -0.502 e. The van der Waals surface area contributed by atoms with Crippen molar-refractivity contribution >= 4 is 35.3 Å². The monoisotopic (exact) mass is 381 g/mol. The Morgan fingerprint density at radius 3 is 2.43 bits per heavy atom. The van der Waals surface area contributed by atoms with Crippen LogP contribution in [0.3, 0.4) is 0 Å². The Morgan fingerprint density at radius 1 is 1.14 bits per heavy atom. The molecule has 0 saturated carbocycles. The Bertz CT molecular complexity index is 1030. The number of rotatable bonds is 4. The summed E-state index contributed by atoms with van der Waals surface area (Å²) in [6.07, 6.45) is 1.91. The summed E-state index contributed by atoms with van der Waals surface area (Å²) < 4.78 is 0. The Kier molecular flexibility index (Phi) is 4.90. The first-order valence-corrected chi connectivity index (χ1v) is 8.29. The molecular formula is C19H15N3O6. The van der Waals surface area contributed by atoms with E-state index in [1.165, 1.54) is 6.07 Å². The van der Waals surface area contributed by atoms with Gasteiger partial charge in [-0.1, -0.05) is 25.1 Å². The summed E-state index contributed by atoms with van der Waals surface area (Å²) in [5, 5.41) is 22.6. The largest absolute Gasteiger partial charge is 0.502 e. The fraction of sp³-hybridized carbons (Fsp3) is 0.105. The Hall–Kier alpha value is -4.01. The zero-order valence-corrected chi connectivity index (χ0v) is 14.7. The van der Waals surface area contributed by atoms with E-state index in [1.807, 2.05) is 6.92 Å². The minimum absolute atomic E-state index is 0.152. The van der Waals surface area contributed by atoms with Gasteiger partial charge in [0, 0.05) is 6.07 Å². The van der Waals surface area contributed by atoms with Crippen LogP contribution in [0, 0.1) is 10.1 Å². The number of nitro groups is 1. The predicted molar refractivity (Wildman–Crippen MR) is 99.6 cm³/mol. The van der Waals surface area contributed by atoms with Gasteiger partial charge in [-0.15, -0.1) is 0 Å². The average Bonchev–Trinajstić information content (AvgIpc) is 2.66. The number of imide groups is 2. The highest BCUT2D eigenvalue weighted by molar-refractivity contribution is 6.39. The van der Waals surface area contributed by atoms with Crippen LogP contribution >= 0.6 is 0 Å². The summed E-state index contributed by atoms with van der Waals surface area (Å²) in [6, 6.07) is 9.25. The van der Waals surface area contributed by atoms with Crippen molar-refractivity contribution in [1.29, 1.82) is 0 Å². The zero-order chi connectivity index (χ0) is 20.4. The highest BCUT2D eigenvalue weighted by Gasteiger charge is 2.36. The maximum absolute atomic E-state index is 12.8. The molecule has 28 heavy (non-hydrogen) atoms. The number of nitro benzene ring substituents is 1. The van der Waals surface area contributed by atoms with Crippen molar-refractivity contribution in [3.8, 4) is 5.75 Å². The first-order chi connectivity index (χ1) is 13.3. The van der Waals surface area contributed by atoms with E-state index < -0.39 is 34.2 Å². The molecule has 1 aliphatic heterocycles. The number of aromatic hydroxyl groups is 1. The van der Waals surface area contributed by atoms with Crippen LogP contribution in [0.1, 0.15) is 18.1 Å². The Labute approximate surface area is 159 Å². The molecule has 142 valence electrons. The van der Waals surface area contributed by atoms with Gasteiger partial charge in [-0.3, -0.25) is 25.0 Å². The van der Waals surface area contributed by atoms with Crippen molar-refractivity contribution < 1.29 is 24.4 Å². The maximum atomic E-state index is 12.8. The maximum Gasteiger partial charge on any atom is 0.335 e. The topological polar surface area (TPSA) is 130 Å². The molecule has 2 aromatic carbocycles. The number of urea groups is 1. The van der Waals surface area contributed by atoms with Crippen LogP contribution in [0.2, 0.25) is 0 Å². The van der Waals surface area contributed by atoms with Crippen molar-refractivity contribution in [2.24, 2.45) is 0 Å². The van der Waals surface area contributed by atoms with Crippen molar-refractivity contribution in [2.75, 3.05) is 4.90 Å². The van der Waals surface area contributed by atoms with Crippen molar-refractivity contribution in [2.45, 2.75) is 13.3 Å². The number of anilines is 1. The number of aryl methyl sites for hydroxylation is 1. The van der Waals surface area contributed by atoms with Gasteiger partial charge in [-0.25, -0.2) is 9.69 Å². The predicted octanol–water partition coefficient (Wildman–Crippen LogP) is 2.53. The molecule has 0 spiro atoms. The average molecular weight is 381 g/mol. The molecule has 0 aromatic heterocycles. The number of phenolic OH excluding ortho intramolecular Hbond substituents is 1. The van der Waals surface area contributed by atoms with Gasteiger partial charge in [-0.2, -0.15) is 0 Å². The first kappa shape index (κ1) is 18.8. The third-order valence-electron chi connectivity index (χ3n) is 4.21. The van der Waals surface area contributed by atoms with Crippen LogP contribution in [-0.2, 0) is 16.0 Å². The van der Waals surface area contributed by atoms with Gasteiger partial charge in [0.05, 0.1) is 10.6 Å². The number of phenols is 1. The molecule has 0 bridgehead atoms. The summed E-state index contributed by atoms with van der Waals surface area (Å²) in [7, 11) is 0. The molecule has 2 aromatic rings. The van der Waals surface area contributed by atoms with E-state index >= 15 is 0 Å². The number of carbonyl (C=O) groups is 3. The number of barbiturate groups is 1. The summed E-state index contributed by atoms with van der Waals surface area (Å²) in [4.78, 5) is 48.1. The minimum atomic E-state index is -0.910. The van der Waals surface area contributed by atoms with Gasteiger partial charge < -0.3 is 5.11 Å². The Balaban J connectivity index is 2.01. The van der Waals surface area contributed by atoms with E-state index in [2.05, 4.69) is 5.32 Å². The van der Waals surface area contributed by atoms with E-state index in [9.17, 15) is 29.6 Å². The van der Waals surface area contributed by atoms with E-state index in [1.54, 1.807) is 24.3 Å². The molecular weight excluding hydrogens is 366 g/mol. The summed E-state index contributed by atoms with van der Waals surface area (Å²) in [6.45, 7) is 1.96. The molecule has 0 aliphatic carbocycles. The van der Waals surface area contributed by atoms with Crippen LogP contribution in [0.4, 0.5) is 16.2 Å². The lowest BCUT2D eigenvalue weighted by Gasteiger charge is -2.26. The summed E-state index contributed by atoms with van der Waals surface area (Å²) >= 11 is 0. The lowest BCUT2D eigenvalue weighted by Crippen LogP contribution is -2.54. The van der Waals surface area contributed by atoms with Gasteiger partial charge in [0.25, 0.3) is 11.8 Å². The van der Waals surface area contributed by atoms with Gasteiger partial charge in [0.2, 0.25) is 0 Å². The molecule has 1 heterocycles. The highest BCUT2D eigenvalue weighted by atomic mass is 16.6. The SMILES string of the molecule is CCc1ccc(N2C(=O)NC(=O)/C(=C/c3ccc(O)c([N+](=O)[O-])c3)C2=O)cc1. The third kappa shape index (κ3) is 3.45. The molecule has 1 saturated heterocycles. The number of nitrogens with zero attached hydrogens (tertiary/aromatic N) is 2. The molecule has 1 fully saturated rings. The van der Waals surface area contributed by atoms with Gasteiger partial charge in [0.15, 0.2) is 5.75 Å². The van der Waals surface area contributed by atoms with Crippen LogP contribution in [-0.4, -0.2) is 27.9 Å². The second-order valence-corrected chi connectivity index (χ2v) is 5.98. The molecule has 2 N–H and O–H groups in total. The summed E-state index contributed by atoms with van der Waals surface area (Å²) in [5.41, 5.74) is 0.519. The number of amides is 4. The Morgan fingerprint density at radius 2 is 1.82 bits per heavy atom. The number of hydrogen-bond acceptors (Lipinski definition) is 6. The van der Waals surface area contributed by atoms with Gasteiger partial charge >= 0.3 is 11.7 Å². The van der Waals surface area contributed by atoms with Crippen LogP contribution in [0.25, 0.3) is 6.08 Å². The summed E-state index contributed by atoms with van der Waals surface area (Å²) in [5.74, 6) is -2.31. The fourth-order valence-electron chi connectivity index (χ4n) is 2.72. The van der Waals surface area contributed by atoms with Gasteiger partial charge in [-0.05, 0) is 41.8 Å². The van der Waals surface area contributed by atoms with Crippen LogP contribution in [0.5, 0.6) is 5.75 Å². The number of hydrogen-bond donors (Lipinski definition) is 2. The molecule has 4 amide bonds. The molecule has 0 unspecified atom stereocenters. The third-order valence-corrected chi connectivity index (χ3v) is 4.21. The molecule has 0 radical (unpaired) electrons. The molecule has 3 rings (SSSR count). The van der Waals surface area contributed by atoms with Gasteiger partial charge in [0.1, 0.15) is 5.57 Å². The highest BCUT2D eigenvalue weighted by Crippen LogP contribution is 2.28. The molecule has 0 atom stereocenters. The standard InChI is InChI=1S/C19H15N3O6/c1-2-11-3-6-13(7-4-11)21-18(25)14(17(24)20-19(21)26)9-12-5-8-16(23)15(10-12)22(27)28/h3-10,23H,2H2,1H3,(H,20,24,26)/b14-9-. The second kappa shape index (κ2) is 7.31. The molecule has 9 heteroatoms. The number of carbonyl (C=O) groups excluding carboxylic acids is 3. The molecule has 9 nitrogen and oxygen atoms in total. The van der Waals surface area contributed by atoms with E-state index in [0.29, 0.717) is 0 Å². The zero-order valence-electron chi connectivity index (χ0n) is 14.7. The van der Waals surface area contributed by atoms with E-state index in [0.717, 1.165) is 35.1 Å². The van der Waals surface area contributed by atoms with Crippen LogP contribution in [0.15, 0.2) is 48.0 Å². The quantitative estimate of drug-likeness (QED) is 0.362. The second-order valence-electron chi connectivity index (χ2n) is 5.98. The van der Waals surface area contributed by atoms with E-state index in [4.69, 9.17) is 0 Å². The van der Waals surface area contributed by atoms with Crippen molar-refractivity contribution in [3.63, 3.8) is 0 Å². The number of nitrogens with one attached hydrogen (secondary N) is 1. The first-order valence-electron chi connectivity index (χ1n) is 8.29. The number of benzene rings is 2. The van der Waals surface area contributed by atoms with E-state index in [-0.39, 0.29) is 16.8 Å².